The van der Waals surface area contributed by atoms with Gasteiger partial charge in [-0.15, -0.1) is 11.3 Å². The highest BCUT2D eigenvalue weighted by Gasteiger charge is 2.24. The van der Waals surface area contributed by atoms with E-state index in [0.29, 0.717) is 17.9 Å². The zero-order valence-electron chi connectivity index (χ0n) is 18.8. The van der Waals surface area contributed by atoms with E-state index in [-0.39, 0.29) is 11.9 Å². The summed E-state index contributed by atoms with van der Waals surface area (Å²) in [4.78, 5) is 21.4. The first-order valence-electron chi connectivity index (χ1n) is 11.2. The summed E-state index contributed by atoms with van der Waals surface area (Å²) in [6, 6.07) is 8.09. The summed E-state index contributed by atoms with van der Waals surface area (Å²) in [5, 5.41) is 3.34. The SMILES string of the molecule is CCn1c(-c2nc3cc(C(=O)N4CCCCC(N)C4)cc(OC)c3n2C)cc2ccsc21. The summed E-state index contributed by atoms with van der Waals surface area (Å²) in [7, 11) is 3.64. The molecule has 0 radical (unpaired) electrons. The summed E-state index contributed by atoms with van der Waals surface area (Å²) in [6.45, 7) is 4.34. The predicted octanol–water partition coefficient (Wildman–Crippen LogP) is 4.24. The Labute approximate surface area is 191 Å². The van der Waals surface area contributed by atoms with Crippen molar-refractivity contribution in [3.63, 3.8) is 0 Å². The standard InChI is InChI=1S/C24H29N5O2S/c1-4-29-19(12-15-8-10-32-24(15)29)22-26-18-11-16(13-20(31-3)21(18)27(22)2)23(30)28-9-6-5-7-17(25)14-28/h8,10-13,17H,4-7,9,14,25H2,1-3H3. The summed E-state index contributed by atoms with van der Waals surface area (Å²) >= 11 is 1.74. The molecule has 1 amide bonds. The van der Waals surface area contributed by atoms with Gasteiger partial charge in [-0.3, -0.25) is 4.79 Å². The summed E-state index contributed by atoms with van der Waals surface area (Å²) in [6.07, 6.45) is 3.01. The first-order valence-corrected chi connectivity index (χ1v) is 12.1. The first-order chi connectivity index (χ1) is 15.5. The number of hydrogen-bond acceptors (Lipinski definition) is 5. The highest BCUT2D eigenvalue weighted by Crippen LogP contribution is 2.35. The van der Waals surface area contributed by atoms with Crippen LogP contribution >= 0.6 is 11.3 Å². The van der Waals surface area contributed by atoms with E-state index in [4.69, 9.17) is 15.5 Å². The van der Waals surface area contributed by atoms with Crippen LogP contribution in [0.25, 0.3) is 32.8 Å². The average Bonchev–Trinajstić information content (AvgIpc) is 3.42. The van der Waals surface area contributed by atoms with E-state index in [9.17, 15) is 4.79 Å². The molecule has 0 saturated carbocycles. The van der Waals surface area contributed by atoms with Crippen LogP contribution in [0.5, 0.6) is 5.75 Å². The Morgan fingerprint density at radius 1 is 1.31 bits per heavy atom. The molecule has 5 rings (SSSR count). The Balaban J connectivity index is 1.62. The van der Waals surface area contributed by atoms with Crippen LogP contribution in [0.3, 0.4) is 0 Å². The van der Waals surface area contributed by atoms with Crippen molar-refractivity contribution in [1.82, 2.24) is 19.0 Å². The Hall–Kier alpha value is -2.84. The van der Waals surface area contributed by atoms with Crippen LogP contribution in [0, 0.1) is 0 Å². The van der Waals surface area contributed by atoms with Crippen molar-refractivity contribution in [3.05, 3.63) is 35.2 Å². The molecule has 1 atom stereocenters. The molecule has 32 heavy (non-hydrogen) atoms. The van der Waals surface area contributed by atoms with Crippen LogP contribution < -0.4 is 10.5 Å². The van der Waals surface area contributed by atoms with Crippen LogP contribution in [-0.4, -0.2) is 51.2 Å². The molecule has 0 aliphatic carbocycles. The number of methoxy groups -OCH3 is 1. The van der Waals surface area contributed by atoms with E-state index >= 15 is 0 Å². The predicted molar refractivity (Wildman–Crippen MR) is 129 cm³/mol. The quantitative estimate of drug-likeness (QED) is 0.503. The van der Waals surface area contributed by atoms with E-state index in [1.165, 1.54) is 10.2 Å². The van der Waals surface area contributed by atoms with Gasteiger partial charge >= 0.3 is 0 Å². The highest BCUT2D eigenvalue weighted by molar-refractivity contribution is 7.16. The molecular weight excluding hydrogens is 422 g/mol. The second-order valence-electron chi connectivity index (χ2n) is 8.50. The number of hydrogen-bond donors (Lipinski definition) is 1. The zero-order valence-corrected chi connectivity index (χ0v) is 19.6. The molecule has 1 saturated heterocycles. The van der Waals surface area contributed by atoms with Gasteiger partial charge in [-0.2, -0.15) is 0 Å². The molecule has 4 heterocycles. The fourth-order valence-electron chi connectivity index (χ4n) is 4.83. The molecule has 2 N–H and O–H groups in total. The molecule has 0 bridgehead atoms. The number of amides is 1. The van der Waals surface area contributed by atoms with Crippen LogP contribution in [0.1, 0.15) is 36.5 Å². The van der Waals surface area contributed by atoms with Gasteiger partial charge in [0.2, 0.25) is 0 Å². The maximum Gasteiger partial charge on any atom is 0.254 e. The molecule has 1 aromatic carbocycles. The van der Waals surface area contributed by atoms with Gasteiger partial charge in [-0.25, -0.2) is 4.98 Å². The molecule has 1 aliphatic rings. The topological polar surface area (TPSA) is 78.3 Å². The monoisotopic (exact) mass is 451 g/mol. The number of rotatable bonds is 4. The Bertz CT molecular complexity index is 1300. The third-order valence-electron chi connectivity index (χ3n) is 6.44. The van der Waals surface area contributed by atoms with Crippen molar-refractivity contribution in [1.29, 1.82) is 0 Å². The number of aryl methyl sites for hydroxylation is 2. The number of fused-ring (bicyclic) bond motifs is 2. The van der Waals surface area contributed by atoms with Gasteiger partial charge in [-0.1, -0.05) is 6.42 Å². The second kappa shape index (κ2) is 8.26. The number of ether oxygens (including phenoxy) is 1. The Morgan fingerprint density at radius 3 is 2.94 bits per heavy atom. The molecule has 1 fully saturated rings. The molecule has 0 spiro atoms. The molecule has 1 unspecified atom stereocenters. The average molecular weight is 452 g/mol. The minimum atomic E-state index is -0.00722. The number of nitrogens with two attached hydrogens (primary N) is 1. The van der Waals surface area contributed by atoms with Crippen molar-refractivity contribution in [2.24, 2.45) is 12.8 Å². The molecule has 3 aromatic heterocycles. The lowest BCUT2D eigenvalue weighted by Gasteiger charge is -2.23. The van der Waals surface area contributed by atoms with Crippen molar-refractivity contribution < 1.29 is 9.53 Å². The van der Waals surface area contributed by atoms with Crippen molar-refractivity contribution in [2.45, 2.75) is 38.8 Å². The number of nitrogens with zero attached hydrogens (tertiary/aromatic N) is 4. The van der Waals surface area contributed by atoms with Gasteiger partial charge in [0.25, 0.3) is 5.91 Å². The number of thiophene rings is 1. The van der Waals surface area contributed by atoms with Gasteiger partial charge in [0.15, 0.2) is 5.82 Å². The number of likely N-dealkylation sites (tertiary alicyclic amines) is 1. The smallest absolute Gasteiger partial charge is 0.254 e. The Morgan fingerprint density at radius 2 is 2.16 bits per heavy atom. The van der Waals surface area contributed by atoms with Gasteiger partial charge in [0.1, 0.15) is 16.1 Å². The molecule has 8 heteroatoms. The number of carbonyl (C=O) groups excluding carboxylic acids is 1. The molecule has 168 valence electrons. The third kappa shape index (κ3) is 3.38. The van der Waals surface area contributed by atoms with Crippen LogP contribution in [0.15, 0.2) is 29.6 Å². The third-order valence-corrected chi connectivity index (χ3v) is 7.40. The van der Waals surface area contributed by atoms with Gasteiger partial charge in [0.05, 0.1) is 18.3 Å². The van der Waals surface area contributed by atoms with Crippen LogP contribution in [0.2, 0.25) is 0 Å². The summed E-state index contributed by atoms with van der Waals surface area (Å²) < 4.78 is 10.1. The van der Waals surface area contributed by atoms with Gasteiger partial charge in [0, 0.05) is 43.7 Å². The second-order valence-corrected chi connectivity index (χ2v) is 9.40. The van der Waals surface area contributed by atoms with E-state index in [0.717, 1.165) is 54.9 Å². The number of carbonyl (C=O) groups is 1. The molecule has 7 nitrogen and oxygen atoms in total. The van der Waals surface area contributed by atoms with E-state index in [1.807, 2.05) is 24.1 Å². The molecule has 1 aliphatic heterocycles. The molecular formula is C24H29N5O2S. The summed E-state index contributed by atoms with van der Waals surface area (Å²) in [5.74, 6) is 1.51. The van der Waals surface area contributed by atoms with Crippen LogP contribution in [0.4, 0.5) is 0 Å². The van der Waals surface area contributed by atoms with Crippen molar-refractivity contribution in [2.75, 3.05) is 20.2 Å². The lowest BCUT2D eigenvalue weighted by atomic mass is 10.1. The van der Waals surface area contributed by atoms with Gasteiger partial charge < -0.3 is 24.5 Å². The van der Waals surface area contributed by atoms with E-state index in [2.05, 4.69) is 33.6 Å². The zero-order chi connectivity index (χ0) is 22.4. The lowest BCUT2D eigenvalue weighted by molar-refractivity contribution is 0.0755. The van der Waals surface area contributed by atoms with E-state index < -0.39 is 0 Å². The van der Waals surface area contributed by atoms with Crippen molar-refractivity contribution in [3.8, 4) is 17.3 Å². The normalized spacial score (nSPS) is 17.2. The number of benzene rings is 1. The minimum Gasteiger partial charge on any atom is -0.494 e. The maximum absolute atomic E-state index is 13.3. The lowest BCUT2D eigenvalue weighted by Crippen LogP contribution is -2.39. The van der Waals surface area contributed by atoms with Gasteiger partial charge in [-0.05, 0) is 49.4 Å². The maximum atomic E-state index is 13.3. The van der Waals surface area contributed by atoms with Crippen molar-refractivity contribution >= 4 is 38.5 Å². The largest absolute Gasteiger partial charge is 0.494 e. The first kappa shape index (κ1) is 21.0. The number of aromatic nitrogens is 3. The summed E-state index contributed by atoms with van der Waals surface area (Å²) in [5.41, 5.74) is 9.51. The van der Waals surface area contributed by atoms with E-state index in [1.54, 1.807) is 18.4 Å². The fourth-order valence-corrected chi connectivity index (χ4v) is 5.80. The van der Waals surface area contributed by atoms with Crippen LogP contribution in [-0.2, 0) is 13.6 Å². The fraction of sp³-hybridized carbons (Fsp3) is 0.417. The number of imidazole rings is 1. The minimum absolute atomic E-state index is 0.00722. The Kier molecular flexibility index (Phi) is 5.43. The highest BCUT2D eigenvalue weighted by atomic mass is 32.1. The molecule has 4 aromatic rings.